The van der Waals surface area contributed by atoms with Crippen molar-refractivity contribution in [3.05, 3.63) is 53.9 Å². The highest BCUT2D eigenvalue weighted by Gasteiger charge is 2.09. The van der Waals surface area contributed by atoms with Crippen molar-refractivity contribution in [3.63, 3.8) is 0 Å². The van der Waals surface area contributed by atoms with Gasteiger partial charge in [-0.05, 0) is 30.3 Å². The second kappa shape index (κ2) is 7.61. The Morgan fingerprint density at radius 1 is 1.39 bits per heavy atom. The summed E-state index contributed by atoms with van der Waals surface area (Å²) in [6, 6.07) is 12.3. The van der Waals surface area contributed by atoms with Crippen molar-refractivity contribution in [2.75, 3.05) is 13.7 Å². The fourth-order valence-corrected chi connectivity index (χ4v) is 1.87. The van der Waals surface area contributed by atoms with E-state index in [1.807, 2.05) is 0 Å². The number of pyridine rings is 1. The van der Waals surface area contributed by atoms with Gasteiger partial charge in [0, 0.05) is 17.8 Å². The lowest BCUT2D eigenvalue weighted by atomic mass is 10.1. The van der Waals surface area contributed by atoms with Crippen LogP contribution in [0.25, 0.3) is 11.6 Å². The van der Waals surface area contributed by atoms with E-state index in [2.05, 4.69) is 11.1 Å². The number of methoxy groups -OCH3 is 1. The van der Waals surface area contributed by atoms with Crippen molar-refractivity contribution in [3.8, 4) is 17.6 Å². The second-order valence-corrected chi connectivity index (χ2v) is 4.47. The Kier molecular flexibility index (Phi) is 5.31. The highest BCUT2D eigenvalue weighted by Crippen LogP contribution is 2.28. The Hall–Kier alpha value is -3.33. The first kappa shape index (κ1) is 16.0. The molecule has 0 fully saturated rings. The number of rotatable bonds is 6. The summed E-state index contributed by atoms with van der Waals surface area (Å²) >= 11 is 0. The third-order valence-corrected chi connectivity index (χ3v) is 2.93. The summed E-state index contributed by atoms with van der Waals surface area (Å²) in [5.41, 5.74) is 1.43. The van der Waals surface area contributed by atoms with Crippen LogP contribution in [0.5, 0.6) is 11.5 Å². The van der Waals surface area contributed by atoms with E-state index in [9.17, 15) is 10.1 Å². The molecule has 0 radical (unpaired) electrons. The predicted octanol–water partition coefficient (Wildman–Crippen LogP) is 2.62. The molecule has 0 spiro atoms. The average Bonchev–Trinajstić information content (AvgIpc) is 2.59. The zero-order valence-corrected chi connectivity index (χ0v) is 12.4. The lowest BCUT2D eigenvalue weighted by Crippen LogP contribution is -2.10. The highest BCUT2D eigenvalue weighted by molar-refractivity contribution is 5.89. The number of hydrogen-bond acceptors (Lipinski definition) is 5. The van der Waals surface area contributed by atoms with E-state index in [1.54, 1.807) is 48.7 Å². The number of aromatic nitrogens is 1. The van der Waals surface area contributed by atoms with E-state index in [0.29, 0.717) is 28.3 Å². The van der Waals surface area contributed by atoms with Gasteiger partial charge in [-0.2, -0.15) is 5.26 Å². The maximum absolute atomic E-state index is 10.7. The molecule has 0 aliphatic rings. The number of ether oxygens (including phenoxy) is 2. The van der Waals surface area contributed by atoms with Gasteiger partial charge in [-0.15, -0.1) is 0 Å². The minimum absolute atomic E-state index is 0.315. The maximum atomic E-state index is 10.7. The van der Waals surface area contributed by atoms with Crippen molar-refractivity contribution in [1.29, 1.82) is 5.26 Å². The Morgan fingerprint density at radius 2 is 2.22 bits per heavy atom. The number of allylic oxidation sites excluding steroid dienone is 1. The molecule has 0 aliphatic heterocycles. The standard InChI is InChI=1S/C17H14N2O4/c1-22-14-6-5-12(16(9-14)23-11-17(20)21)8-13(10-18)15-4-2-3-7-19-15/h2-9H,11H2,1H3,(H,20,21). The predicted molar refractivity (Wildman–Crippen MR) is 83.8 cm³/mol. The number of carboxylic acids is 1. The zero-order chi connectivity index (χ0) is 16.7. The van der Waals surface area contributed by atoms with E-state index in [-0.39, 0.29) is 0 Å². The van der Waals surface area contributed by atoms with E-state index in [0.717, 1.165) is 0 Å². The SMILES string of the molecule is COc1ccc(C=C(C#N)c2ccccn2)c(OCC(=O)O)c1. The largest absolute Gasteiger partial charge is 0.497 e. The maximum Gasteiger partial charge on any atom is 0.341 e. The van der Waals surface area contributed by atoms with E-state index < -0.39 is 12.6 Å². The quantitative estimate of drug-likeness (QED) is 0.824. The first-order chi connectivity index (χ1) is 11.1. The molecule has 0 aliphatic carbocycles. The van der Waals surface area contributed by atoms with Crippen LogP contribution in [0.1, 0.15) is 11.3 Å². The van der Waals surface area contributed by atoms with Crippen LogP contribution >= 0.6 is 0 Å². The molecule has 1 N–H and O–H groups in total. The van der Waals surface area contributed by atoms with Gasteiger partial charge in [-0.25, -0.2) is 4.79 Å². The third kappa shape index (κ3) is 4.32. The Balaban J connectivity index is 2.42. The number of carboxylic acid groups (broad SMARTS) is 1. The van der Waals surface area contributed by atoms with Crippen molar-refractivity contribution in [2.24, 2.45) is 0 Å². The summed E-state index contributed by atoms with van der Waals surface area (Å²) in [5.74, 6) is -0.248. The molecule has 2 rings (SSSR count). The summed E-state index contributed by atoms with van der Waals surface area (Å²) in [4.78, 5) is 14.8. The number of nitrogens with zero attached hydrogens (tertiary/aromatic N) is 2. The smallest absolute Gasteiger partial charge is 0.341 e. The van der Waals surface area contributed by atoms with Crippen LogP contribution in [0.15, 0.2) is 42.6 Å². The van der Waals surface area contributed by atoms with E-state index in [4.69, 9.17) is 14.6 Å². The number of aliphatic carboxylic acids is 1. The van der Waals surface area contributed by atoms with E-state index >= 15 is 0 Å². The van der Waals surface area contributed by atoms with Crippen LogP contribution < -0.4 is 9.47 Å². The van der Waals surface area contributed by atoms with Crippen LogP contribution in [-0.4, -0.2) is 29.8 Å². The topological polar surface area (TPSA) is 92.4 Å². The highest BCUT2D eigenvalue weighted by atomic mass is 16.5. The molecule has 1 aromatic carbocycles. The van der Waals surface area contributed by atoms with Crippen molar-refractivity contribution in [1.82, 2.24) is 4.98 Å². The Labute approximate surface area is 133 Å². The number of carbonyl (C=O) groups is 1. The molecule has 0 amide bonds. The molecular formula is C17H14N2O4. The third-order valence-electron chi connectivity index (χ3n) is 2.93. The zero-order valence-electron chi connectivity index (χ0n) is 12.4. The molecule has 6 heteroatoms. The fourth-order valence-electron chi connectivity index (χ4n) is 1.87. The molecule has 0 unspecified atom stereocenters. The minimum atomic E-state index is -1.09. The monoisotopic (exact) mass is 310 g/mol. The Bertz CT molecular complexity index is 764. The van der Waals surface area contributed by atoms with E-state index in [1.165, 1.54) is 7.11 Å². The summed E-state index contributed by atoms with van der Waals surface area (Å²) in [7, 11) is 1.50. The van der Waals surface area contributed by atoms with Crippen LogP contribution in [-0.2, 0) is 4.79 Å². The first-order valence-corrected chi connectivity index (χ1v) is 6.70. The van der Waals surface area contributed by atoms with Crippen LogP contribution in [0.4, 0.5) is 0 Å². The molecular weight excluding hydrogens is 296 g/mol. The van der Waals surface area contributed by atoms with Gasteiger partial charge in [0.2, 0.25) is 0 Å². The number of benzene rings is 1. The van der Waals surface area contributed by atoms with Crippen molar-refractivity contribution >= 4 is 17.6 Å². The summed E-state index contributed by atoms with van der Waals surface area (Å²) in [6.45, 7) is -0.487. The van der Waals surface area contributed by atoms with Gasteiger partial charge in [0.25, 0.3) is 0 Å². The minimum Gasteiger partial charge on any atom is -0.497 e. The molecule has 23 heavy (non-hydrogen) atoms. The molecule has 1 heterocycles. The van der Waals surface area contributed by atoms with Gasteiger partial charge in [-0.1, -0.05) is 6.07 Å². The second-order valence-electron chi connectivity index (χ2n) is 4.47. The van der Waals surface area contributed by atoms with Crippen LogP contribution in [0.2, 0.25) is 0 Å². The van der Waals surface area contributed by atoms with Crippen molar-refractivity contribution < 1.29 is 19.4 Å². The lowest BCUT2D eigenvalue weighted by Gasteiger charge is -2.10. The normalized spacial score (nSPS) is 10.7. The average molecular weight is 310 g/mol. The molecule has 0 saturated carbocycles. The van der Waals surface area contributed by atoms with Gasteiger partial charge < -0.3 is 14.6 Å². The van der Waals surface area contributed by atoms with Gasteiger partial charge >= 0.3 is 5.97 Å². The van der Waals surface area contributed by atoms with Crippen LogP contribution in [0, 0.1) is 11.3 Å². The summed E-state index contributed by atoms with van der Waals surface area (Å²) < 4.78 is 10.4. The number of nitriles is 1. The Morgan fingerprint density at radius 3 is 2.83 bits per heavy atom. The number of hydrogen-bond donors (Lipinski definition) is 1. The van der Waals surface area contributed by atoms with Gasteiger partial charge in [-0.3, -0.25) is 4.98 Å². The van der Waals surface area contributed by atoms with Gasteiger partial charge in [0.1, 0.15) is 17.6 Å². The van der Waals surface area contributed by atoms with Crippen molar-refractivity contribution in [2.45, 2.75) is 0 Å². The van der Waals surface area contributed by atoms with Gasteiger partial charge in [0.15, 0.2) is 6.61 Å². The fraction of sp³-hybridized carbons (Fsp3) is 0.118. The summed E-state index contributed by atoms with van der Waals surface area (Å²) in [6.07, 6.45) is 3.19. The molecule has 0 atom stereocenters. The molecule has 2 aromatic rings. The molecule has 6 nitrogen and oxygen atoms in total. The molecule has 116 valence electrons. The lowest BCUT2D eigenvalue weighted by molar-refractivity contribution is -0.139. The molecule has 0 bridgehead atoms. The molecule has 1 aromatic heterocycles. The van der Waals surface area contributed by atoms with Gasteiger partial charge in [0.05, 0.1) is 18.4 Å². The first-order valence-electron chi connectivity index (χ1n) is 6.70. The van der Waals surface area contributed by atoms with Crippen LogP contribution in [0.3, 0.4) is 0 Å². The molecule has 0 saturated heterocycles. The summed E-state index contributed by atoms with van der Waals surface area (Å²) in [5, 5.41) is 18.1.